The van der Waals surface area contributed by atoms with Gasteiger partial charge >= 0.3 is 0 Å². The van der Waals surface area contributed by atoms with Crippen molar-refractivity contribution in [2.75, 3.05) is 0 Å². The number of benzene rings is 6. The molecule has 0 radical (unpaired) electrons. The van der Waals surface area contributed by atoms with Crippen LogP contribution in [0.1, 0.15) is 0 Å². The summed E-state index contributed by atoms with van der Waals surface area (Å²) in [6.45, 7) is 0. The van der Waals surface area contributed by atoms with Crippen LogP contribution in [0.15, 0.2) is 140 Å². The molecule has 0 bridgehead atoms. The number of hydrogen-bond acceptors (Lipinski definition) is 1. The number of nitrogens with zero attached hydrogens (tertiary/aromatic N) is 3. The summed E-state index contributed by atoms with van der Waals surface area (Å²) >= 11 is 0. The second-order valence-electron chi connectivity index (χ2n) is 10.4. The molecule has 0 unspecified atom stereocenters. The molecule has 186 valence electrons. The van der Waals surface area contributed by atoms with Gasteiger partial charge in [-0.3, -0.25) is 4.98 Å². The average Bonchev–Trinajstić information content (AvgIpc) is 3.54. The Morgan fingerprint density at radius 3 is 1.73 bits per heavy atom. The highest BCUT2D eigenvalue weighted by Crippen LogP contribution is 2.42. The van der Waals surface area contributed by atoms with Crippen LogP contribution in [0.2, 0.25) is 0 Å². The zero-order chi connectivity index (χ0) is 26.2. The van der Waals surface area contributed by atoms with Crippen LogP contribution in [0.25, 0.3) is 76.7 Å². The van der Waals surface area contributed by atoms with Crippen molar-refractivity contribution in [1.82, 2.24) is 14.1 Å². The standard InChI is InChI=1S/C37H23N3/c1-2-10-26(11-3-1)39-33-14-6-4-12-29(33)31-20-21-32-30-13-5-7-15-34(30)40(37(32)36(31)39)27-18-19-28-25(23-27)17-16-24-9-8-22-38-35(24)28/h1-23H. The van der Waals surface area contributed by atoms with Gasteiger partial charge in [0.05, 0.1) is 27.6 Å². The molecule has 3 heterocycles. The first-order valence-electron chi connectivity index (χ1n) is 13.7. The fourth-order valence-corrected chi connectivity index (χ4v) is 6.61. The van der Waals surface area contributed by atoms with E-state index in [1.165, 1.54) is 54.4 Å². The van der Waals surface area contributed by atoms with Crippen molar-refractivity contribution in [2.45, 2.75) is 0 Å². The van der Waals surface area contributed by atoms with Crippen molar-refractivity contribution < 1.29 is 0 Å². The lowest BCUT2D eigenvalue weighted by Crippen LogP contribution is -1.98. The number of pyridine rings is 1. The molecular formula is C37H23N3. The fraction of sp³-hybridized carbons (Fsp3) is 0. The van der Waals surface area contributed by atoms with Gasteiger partial charge in [0.25, 0.3) is 0 Å². The van der Waals surface area contributed by atoms with Gasteiger partial charge in [0.15, 0.2) is 0 Å². The van der Waals surface area contributed by atoms with Crippen molar-refractivity contribution in [3.05, 3.63) is 140 Å². The van der Waals surface area contributed by atoms with Gasteiger partial charge < -0.3 is 9.13 Å². The first kappa shape index (κ1) is 21.5. The number of para-hydroxylation sites is 3. The van der Waals surface area contributed by atoms with Crippen LogP contribution in [0.5, 0.6) is 0 Å². The Balaban J connectivity index is 1.48. The largest absolute Gasteiger partial charge is 0.307 e. The third kappa shape index (κ3) is 2.86. The van der Waals surface area contributed by atoms with Gasteiger partial charge in [-0.05, 0) is 47.9 Å². The van der Waals surface area contributed by atoms with Gasteiger partial charge in [0.2, 0.25) is 0 Å². The molecule has 0 saturated heterocycles. The lowest BCUT2D eigenvalue weighted by molar-refractivity contribution is 1.15. The lowest BCUT2D eigenvalue weighted by Gasteiger charge is -2.13. The monoisotopic (exact) mass is 509 g/mol. The van der Waals surface area contributed by atoms with E-state index >= 15 is 0 Å². The maximum Gasteiger partial charge on any atom is 0.0788 e. The van der Waals surface area contributed by atoms with Crippen molar-refractivity contribution in [3.8, 4) is 11.4 Å². The van der Waals surface area contributed by atoms with Gasteiger partial charge in [-0.15, -0.1) is 0 Å². The van der Waals surface area contributed by atoms with Crippen LogP contribution in [0.4, 0.5) is 0 Å². The molecule has 6 aromatic carbocycles. The lowest BCUT2D eigenvalue weighted by atomic mass is 10.1. The highest BCUT2D eigenvalue weighted by Gasteiger charge is 2.21. The molecule has 3 nitrogen and oxygen atoms in total. The third-order valence-electron chi connectivity index (χ3n) is 8.31. The molecule has 0 fully saturated rings. The number of hydrogen-bond donors (Lipinski definition) is 0. The van der Waals surface area contributed by atoms with E-state index in [1.54, 1.807) is 0 Å². The fourth-order valence-electron chi connectivity index (χ4n) is 6.61. The Hall–Kier alpha value is -5.41. The van der Waals surface area contributed by atoms with Gasteiger partial charge in [-0.25, -0.2) is 0 Å². The molecule has 0 atom stereocenters. The summed E-state index contributed by atoms with van der Waals surface area (Å²) in [5, 5.41) is 8.54. The van der Waals surface area contributed by atoms with E-state index < -0.39 is 0 Å². The van der Waals surface area contributed by atoms with Gasteiger partial charge in [-0.1, -0.05) is 91.0 Å². The van der Waals surface area contributed by atoms with Gasteiger partial charge in [0, 0.05) is 49.9 Å². The number of rotatable bonds is 2. The van der Waals surface area contributed by atoms with E-state index in [4.69, 9.17) is 4.98 Å². The van der Waals surface area contributed by atoms with Crippen LogP contribution in [-0.2, 0) is 0 Å². The summed E-state index contributed by atoms with van der Waals surface area (Å²) < 4.78 is 4.88. The van der Waals surface area contributed by atoms with E-state index in [1.807, 2.05) is 12.3 Å². The van der Waals surface area contributed by atoms with Crippen molar-refractivity contribution in [2.24, 2.45) is 0 Å². The molecule has 40 heavy (non-hydrogen) atoms. The molecule has 9 aromatic rings. The van der Waals surface area contributed by atoms with Gasteiger partial charge in [-0.2, -0.15) is 0 Å². The Morgan fingerprint density at radius 1 is 0.400 bits per heavy atom. The van der Waals surface area contributed by atoms with E-state index in [9.17, 15) is 0 Å². The minimum Gasteiger partial charge on any atom is -0.307 e. The molecule has 3 heteroatoms. The summed E-state index contributed by atoms with van der Waals surface area (Å²) in [5.41, 5.74) is 8.20. The second-order valence-corrected chi connectivity index (χ2v) is 10.4. The SMILES string of the molecule is c1ccc(-n2c3ccccc3c3ccc4c5ccccc5n(-c5ccc6c(ccc7cccnc76)c5)c4c32)cc1. The van der Waals surface area contributed by atoms with Crippen molar-refractivity contribution in [3.63, 3.8) is 0 Å². The zero-order valence-electron chi connectivity index (χ0n) is 21.6. The summed E-state index contributed by atoms with van der Waals surface area (Å²) in [6.07, 6.45) is 1.88. The molecule has 9 rings (SSSR count). The summed E-state index contributed by atoms with van der Waals surface area (Å²) in [7, 11) is 0. The maximum absolute atomic E-state index is 4.70. The molecule has 0 aliphatic carbocycles. The normalized spacial score (nSPS) is 12.0. The van der Waals surface area contributed by atoms with Crippen molar-refractivity contribution in [1.29, 1.82) is 0 Å². The maximum atomic E-state index is 4.70. The Kier molecular flexibility index (Phi) is 4.33. The first-order valence-corrected chi connectivity index (χ1v) is 13.7. The highest BCUT2D eigenvalue weighted by atomic mass is 15.0. The van der Waals surface area contributed by atoms with Crippen LogP contribution < -0.4 is 0 Å². The topological polar surface area (TPSA) is 22.8 Å². The summed E-state index contributed by atoms with van der Waals surface area (Å²) in [6, 6.07) is 48.1. The number of aromatic nitrogens is 3. The summed E-state index contributed by atoms with van der Waals surface area (Å²) in [5.74, 6) is 0. The molecule has 0 spiro atoms. The molecule has 0 saturated carbocycles. The predicted molar refractivity (Wildman–Crippen MR) is 168 cm³/mol. The molecule has 0 amide bonds. The summed E-state index contributed by atoms with van der Waals surface area (Å²) in [4.78, 5) is 4.70. The van der Waals surface area contributed by atoms with Crippen LogP contribution >= 0.6 is 0 Å². The van der Waals surface area contributed by atoms with E-state index in [2.05, 4.69) is 137 Å². The smallest absolute Gasteiger partial charge is 0.0788 e. The number of fused-ring (bicyclic) bond motifs is 10. The quantitative estimate of drug-likeness (QED) is 0.213. The van der Waals surface area contributed by atoms with E-state index in [0.29, 0.717) is 0 Å². The van der Waals surface area contributed by atoms with Crippen molar-refractivity contribution >= 4 is 65.3 Å². The zero-order valence-corrected chi connectivity index (χ0v) is 21.6. The molecule has 3 aromatic heterocycles. The average molecular weight is 510 g/mol. The van der Waals surface area contributed by atoms with Crippen LogP contribution in [-0.4, -0.2) is 14.1 Å². The Labute approximate surface area is 230 Å². The molecule has 0 N–H and O–H groups in total. The second kappa shape index (κ2) is 8.05. The molecular weight excluding hydrogens is 486 g/mol. The predicted octanol–water partition coefficient (Wildman–Crippen LogP) is 9.58. The van der Waals surface area contributed by atoms with Gasteiger partial charge in [0.1, 0.15) is 0 Å². The van der Waals surface area contributed by atoms with E-state index in [-0.39, 0.29) is 0 Å². The minimum atomic E-state index is 1.04. The van der Waals surface area contributed by atoms with Crippen LogP contribution in [0.3, 0.4) is 0 Å². The van der Waals surface area contributed by atoms with Crippen LogP contribution in [0, 0.1) is 0 Å². The highest BCUT2D eigenvalue weighted by molar-refractivity contribution is 6.24. The minimum absolute atomic E-state index is 1.04. The third-order valence-corrected chi connectivity index (χ3v) is 8.31. The first-order chi connectivity index (χ1) is 19.9. The van der Waals surface area contributed by atoms with E-state index in [0.717, 1.165) is 22.3 Å². The Morgan fingerprint density at radius 2 is 1.00 bits per heavy atom. The molecule has 0 aliphatic heterocycles. The molecule has 0 aliphatic rings. The Bertz CT molecular complexity index is 2430.